The van der Waals surface area contributed by atoms with E-state index in [1.165, 1.54) is 24.3 Å². The summed E-state index contributed by atoms with van der Waals surface area (Å²) in [6.07, 6.45) is 0. The predicted molar refractivity (Wildman–Crippen MR) is 71.8 cm³/mol. The minimum absolute atomic E-state index is 0.0815. The number of nitrogens with zero attached hydrogens (tertiary/aromatic N) is 4. The Morgan fingerprint density at radius 3 is 1.20 bits per heavy atom. The van der Waals surface area contributed by atoms with Crippen molar-refractivity contribution in [3.63, 3.8) is 0 Å². The third kappa shape index (κ3) is 2.64. The topological polar surface area (TPSA) is 92.8 Å². The molecule has 0 fully saturated rings. The van der Waals surface area contributed by atoms with Crippen molar-refractivity contribution in [3.05, 3.63) is 80.9 Å². The molecule has 2 aromatic carbocycles. The highest BCUT2D eigenvalue weighted by atomic mass is 16.7. The molecule has 0 heterocycles. The molecule has 0 radical (unpaired) electrons. The van der Waals surface area contributed by atoms with Gasteiger partial charge in [0.15, 0.2) is 10.1 Å². The molecule has 20 heavy (non-hydrogen) atoms. The van der Waals surface area contributed by atoms with Gasteiger partial charge in [-0.15, -0.1) is 0 Å². The first-order valence-electron chi connectivity index (χ1n) is 5.60. The summed E-state index contributed by atoms with van der Waals surface area (Å²) in [6, 6.07) is 15.3. The van der Waals surface area contributed by atoms with Crippen molar-refractivity contribution in [1.82, 2.24) is 0 Å². The molecule has 0 bridgehead atoms. The summed E-state index contributed by atoms with van der Waals surface area (Å²) in [4.78, 5) is 22.4. The minimum atomic E-state index is -0.842. The summed E-state index contributed by atoms with van der Waals surface area (Å²) >= 11 is 0. The molecule has 0 aliphatic rings. The Bertz CT molecular complexity index is 550. The molecule has 0 spiro atoms. The van der Waals surface area contributed by atoms with Crippen LogP contribution in [0.5, 0.6) is 0 Å². The maximum Gasteiger partial charge on any atom is 0.191 e. The maximum atomic E-state index is 11.2. The van der Waals surface area contributed by atoms with Gasteiger partial charge in [0, 0.05) is 0 Å². The normalized spacial score (nSPS) is 9.80. The van der Waals surface area contributed by atoms with Crippen LogP contribution >= 0.6 is 0 Å². The number of rotatable bonds is 5. The lowest BCUT2D eigenvalue weighted by molar-refractivity contribution is -0.580. The molecular weight excluding hydrogens is 264 g/mol. The summed E-state index contributed by atoms with van der Waals surface area (Å²) in [7, 11) is 0. The largest absolute Gasteiger partial charge is 0.233 e. The number of benzene rings is 2. The fourth-order valence-corrected chi connectivity index (χ4v) is 1.67. The monoisotopic (exact) mass is 274 g/mol. The lowest BCUT2D eigenvalue weighted by Crippen LogP contribution is -2.50. The average molecular weight is 274 g/mol. The highest BCUT2D eigenvalue weighted by Crippen LogP contribution is 2.22. The van der Waals surface area contributed by atoms with Crippen molar-refractivity contribution in [2.24, 2.45) is 0 Å². The molecule has 0 aromatic heterocycles. The molecule has 0 saturated carbocycles. The van der Waals surface area contributed by atoms with Crippen LogP contribution in [0.4, 0.5) is 11.4 Å². The quantitative estimate of drug-likeness (QED) is 0.613. The second-order valence-electron chi connectivity index (χ2n) is 3.73. The highest BCUT2D eigenvalue weighted by Gasteiger charge is 2.35. The van der Waals surface area contributed by atoms with Gasteiger partial charge in [-0.2, -0.15) is 0 Å². The van der Waals surface area contributed by atoms with Crippen LogP contribution < -0.4 is 10.2 Å². The van der Waals surface area contributed by atoms with Crippen LogP contribution in [-0.2, 0) is 0 Å². The van der Waals surface area contributed by atoms with Gasteiger partial charge in [0.05, 0.1) is 10.2 Å². The van der Waals surface area contributed by atoms with Crippen molar-refractivity contribution in [2.75, 3.05) is 10.2 Å². The summed E-state index contributed by atoms with van der Waals surface area (Å²) in [6.45, 7) is 0. The van der Waals surface area contributed by atoms with Gasteiger partial charge in [0.1, 0.15) is 11.4 Å². The van der Waals surface area contributed by atoms with E-state index < -0.39 is 10.1 Å². The Morgan fingerprint density at radius 2 is 0.950 bits per heavy atom. The van der Waals surface area contributed by atoms with Crippen molar-refractivity contribution < 1.29 is 10.1 Å². The van der Waals surface area contributed by atoms with Gasteiger partial charge in [0.25, 0.3) is 0 Å². The van der Waals surface area contributed by atoms with E-state index in [0.29, 0.717) is 10.2 Å². The van der Waals surface area contributed by atoms with E-state index >= 15 is 0 Å². The Labute approximate surface area is 113 Å². The molecule has 2 aromatic rings. The summed E-state index contributed by atoms with van der Waals surface area (Å²) in [5, 5.41) is 21.5. The Morgan fingerprint density at radius 1 is 0.650 bits per heavy atom. The van der Waals surface area contributed by atoms with E-state index in [1.54, 1.807) is 36.4 Å². The molecule has 0 amide bonds. The molecule has 8 heteroatoms. The standard InChI is InChI=1S/C12H10N4O4/c17-15(18)13(11-7-3-1-4-8-11)14(16(19)20)12-9-5-2-6-10-12/h1-10H. The van der Waals surface area contributed by atoms with Crippen molar-refractivity contribution in [3.8, 4) is 0 Å². The molecule has 0 N–H and O–H groups in total. The first kappa shape index (κ1) is 13.3. The Hall–Kier alpha value is -3.16. The Kier molecular flexibility index (Phi) is 3.75. The van der Waals surface area contributed by atoms with E-state index in [0.717, 1.165) is 0 Å². The number of hydrogen-bond donors (Lipinski definition) is 0. The van der Waals surface area contributed by atoms with E-state index in [9.17, 15) is 20.2 Å². The lowest BCUT2D eigenvalue weighted by atomic mass is 10.3. The number of hydrazine groups is 3. The van der Waals surface area contributed by atoms with Gasteiger partial charge in [-0.3, -0.25) is 0 Å². The first-order valence-corrected chi connectivity index (χ1v) is 5.60. The first-order chi connectivity index (χ1) is 9.61. The van der Waals surface area contributed by atoms with Crippen LogP contribution in [0.1, 0.15) is 0 Å². The van der Waals surface area contributed by atoms with Crippen molar-refractivity contribution in [1.29, 1.82) is 0 Å². The van der Waals surface area contributed by atoms with Gasteiger partial charge in [-0.1, -0.05) is 36.4 Å². The third-order valence-electron chi connectivity index (χ3n) is 2.46. The van der Waals surface area contributed by atoms with Crippen LogP contribution in [0.2, 0.25) is 0 Å². The van der Waals surface area contributed by atoms with Crippen LogP contribution in [-0.4, -0.2) is 10.1 Å². The van der Waals surface area contributed by atoms with Crippen LogP contribution in [0.3, 0.4) is 0 Å². The third-order valence-corrected chi connectivity index (χ3v) is 2.46. The molecule has 0 saturated heterocycles. The van der Waals surface area contributed by atoms with Crippen molar-refractivity contribution >= 4 is 11.4 Å². The number of para-hydroxylation sites is 2. The molecule has 0 atom stereocenters. The van der Waals surface area contributed by atoms with Crippen LogP contribution in [0.25, 0.3) is 0 Å². The van der Waals surface area contributed by atoms with E-state index in [-0.39, 0.29) is 11.4 Å². The molecular formula is C12H10N4O4. The summed E-state index contributed by atoms with van der Waals surface area (Å²) in [5.41, 5.74) is 0.163. The predicted octanol–water partition coefficient (Wildman–Crippen LogP) is 2.30. The van der Waals surface area contributed by atoms with Gasteiger partial charge in [-0.25, -0.2) is 20.2 Å². The fraction of sp³-hybridized carbons (Fsp3) is 0. The number of nitro groups is 2. The van der Waals surface area contributed by atoms with Crippen LogP contribution in [0, 0.1) is 20.2 Å². The van der Waals surface area contributed by atoms with Gasteiger partial charge in [0.2, 0.25) is 0 Å². The zero-order valence-corrected chi connectivity index (χ0v) is 10.2. The average Bonchev–Trinajstić information content (AvgIpc) is 2.45. The summed E-state index contributed by atoms with van der Waals surface area (Å²) < 4.78 is 0. The zero-order chi connectivity index (χ0) is 14.5. The van der Waals surface area contributed by atoms with Gasteiger partial charge < -0.3 is 0 Å². The fourth-order valence-electron chi connectivity index (χ4n) is 1.67. The molecule has 2 rings (SSSR count). The lowest BCUT2D eigenvalue weighted by Gasteiger charge is -2.19. The van der Waals surface area contributed by atoms with E-state index in [2.05, 4.69) is 0 Å². The SMILES string of the molecule is O=[N+]([O-])N(c1ccccc1)N(c1ccccc1)[N+](=O)[O-]. The summed E-state index contributed by atoms with van der Waals surface area (Å²) in [5.74, 6) is 0. The zero-order valence-electron chi connectivity index (χ0n) is 10.2. The smallest absolute Gasteiger partial charge is 0.191 e. The second kappa shape index (κ2) is 5.65. The Balaban J connectivity index is 2.50. The molecule has 102 valence electrons. The minimum Gasteiger partial charge on any atom is -0.233 e. The second-order valence-corrected chi connectivity index (χ2v) is 3.73. The van der Waals surface area contributed by atoms with E-state index in [4.69, 9.17) is 0 Å². The maximum absolute atomic E-state index is 11.2. The van der Waals surface area contributed by atoms with Gasteiger partial charge in [-0.05, 0) is 24.3 Å². The van der Waals surface area contributed by atoms with E-state index in [1.807, 2.05) is 0 Å². The van der Waals surface area contributed by atoms with Gasteiger partial charge >= 0.3 is 0 Å². The number of anilines is 2. The molecule has 0 unspecified atom stereocenters. The number of hydrogen-bond acceptors (Lipinski definition) is 4. The molecule has 0 aliphatic heterocycles. The van der Waals surface area contributed by atoms with Crippen molar-refractivity contribution in [2.45, 2.75) is 0 Å². The molecule has 0 aliphatic carbocycles. The van der Waals surface area contributed by atoms with Crippen LogP contribution in [0.15, 0.2) is 60.7 Å². The molecule has 8 nitrogen and oxygen atoms in total. The highest BCUT2D eigenvalue weighted by molar-refractivity contribution is 5.52.